The Morgan fingerprint density at radius 2 is 2.00 bits per heavy atom. The zero-order valence-corrected chi connectivity index (χ0v) is 11.7. The third kappa shape index (κ3) is 4.13. The molecule has 1 rings (SSSR count). The molecular formula is C14H22N2O3. The second kappa shape index (κ2) is 6.99. The van der Waals surface area contributed by atoms with Gasteiger partial charge in [0.25, 0.3) is 0 Å². The maximum atomic E-state index is 11.3. The number of para-hydroxylation sites is 2. The molecule has 5 nitrogen and oxygen atoms in total. The number of ether oxygens (including phenoxy) is 2. The van der Waals surface area contributed by atoms with Crippen LogP contribution in [0.4, 0.5) is 0 Å². The van der Waals surface area contributed by atoms with Gasteiger partial charge in [-0.1, -0.05) is 12.1 Å². The first kappa shape index (κ1) is 15.3. The zero-order chi connectivity index (χ0) is 14.3. The Bertz CT molecular complexity index is 423. The van der Waals surface area contributed by atoms with Crippen molar-refractivity contribution < 1.29 is 14.3 Å². The van der Waals surface area contributed by atoms with Crippen LogP contribution in [-0.2, 0) is 4.79 Å². The molecule has 3 N–H and O–H groups in total. The van der Waals surface area contributed by atoms with E-state index in [1.165, 1.54) is 0 Å². The number of hydrogen-bond donors (Lipinski definition) is 2. The molecule has 0 saturated carbocycles. The summed E-state index contributed by atoms with van der Waals surface area (Å²) in [7, 11) is 3.33. The lowest BCUT2D eigenvalue weighted by molar-refractivity contribution is -0.123. The molecule has 5 heteroatoms. The third-order valence-corrected chi connectivity index (χ3v) is 3.24. The highest BCUT2D eigenvalue weighted by atomic mass is 16.5. The molecule has 0 spiro atoms. The first-order chi connectivity index (χ1) is 9.03. The first-order valence-corrected chi connectivity index (χ1v) is 6.28. The number of nitrogens with one attached hydrogen (secondary N) is 1. The van der Waals surface area contributed by atoms with Gasteiger partial charge in [0.05, 0.1) is 19.3 Å². The zero-order valence-electron chi connectivity index (χ0n) is 11.7. The molecule has 0 aliphatic carbocycles. The Kier molecular flexibility index (Phi) is 5.63. The highest BCUT2D eigenvalue weighted by Crippen LogP contribution is 2.26. The minimum Gasteiger partial charge on any atom is -0.493 e. The van der Waals surface area contributed by atoms with Crippen LogP contribution in [0.1, 0.15) is 19.8 Å². The quantitative estimate of drug-likeness (QED) is 0.696. The number of likely N-dealkylation sites (N-methyl/N-ethyl adjacent to an activating group) is 1. The van der Waals surface area contributed by atoms with Crippen molar-refractivity contribution in [3.8, 4) is 11.5 Å². The van der Waals surface area contributed by atoms with Crippen LogP contribution in [0, 0.1) is 0 Å². The predicted octanol–water partition coefficient (Wildman–Crippen LogP) is 1.32. The van der Waals surface area contributed by atoms with E-state index >= 15 is 0 Å². The SMILES string of the molecule is CNC(C)(CCCOc1ccccc1OC)C(N)=O. The molecule has 0 heterocycles. The number of amides is 1. The summed E-state index contributed by atoms with van der Waals surface area (Å²) in [6.45, 7) is 2.29. The highest BCUT2D eigenvalue weighted by Gasteiger charge is 2.28. The number of carbonyl (C=O) groups is 1. The number of hydrogen-bond acceptors (Lipinski definition) is 4. The summed E-state index contributed by atoms with van der Waals surface area (Å²) in [5, 5.41) is 2.94. The van der Waals surface area contributed by atoms with Crippen LogP contribution in [0.5, 0.6) is 11.5 Å². The van der Waals surface area contributed by atoms with E-state index in [4.69, 9.17) is 15.2 Å². The number of nitrogens with two attached hydrogens (primary N) is 1. The van der Waals surface area contributed by atoms with Gasteiger partial charge in [-0.15, -0.1) is 0 Å². The van der Waals surface area contributed by atoms with E-state index in [1.807, 2.05) is 24.3 Å². The molecule has 0 aliphatic heterocycles. The molecule has 1 aromatic carbocycles. The van der Waals surface area contributed by atoms with Crippen LogP contribution in [-0.4, -0.2) is 32.2 Å². The van der Waals surface area contributed by atoms with Crippen molar-refractivity contribution in [1.82, 2.24) is 5.32 Å². The number of primary amides is 1. The van der Waals surface area contributed by atoms with E-state index in [9.17, 15) is 4.79 Å². The third-order valence-electron chi connectivity index (χ3n) is 3.24. The summed E-state index contributed by atoms with van der Waals surface area (Å²) in [6, 6.07) is 7.47. The monoisotopic (exact) mass is 266 g/mol. The van der Waals surface area contributed by atoms with Gasteiger partial charge in [0.1, 0.15) is 0 Å². The van der Waals surface area contributed by atoms with E-state index in [0.29, 0.717) is 24.5 Å². The van der Waals surface area contributed by atoms with Gasteiger partial charge < -0.3 is 20.5 Å². The van der Waals surface area contributed by atoms with Crippen LogP contribution >= 0.6 is 0 Å². The van der Waals surface area contributed by atoms with Crippen LogP contribution in [0.25, 0.3) is 0 Å². The smallest absolute Gasteiger partial charge is 0.237 e. The van der Waals surface area contributed by atoms with E-state index in [1.54, 1.807) is 21.1 Å². The van der Waals surface area contributed by atoms with Crippen molar-refractivity contribution >= 4 is 5.91 Å². The van der Waals surface area contributed by atoms with Crippen molar-refractivity contribution in [2.24, 2.45) is 5.73 Å². The van der Waals surface area contributed by atoms with Gasteiger partial charge in [0.2, 0.25) is 5.91 Å². The molecular weight excluding hydrogens is 244 g/mol. The Morgan fingerprint density at radius 1 is 1.37 bits per heavy atom. The average Bonchev–Trinajstić information content (AvgIpc) is 2.43. The van der Waals surface area contributed by atoms with Crippen LogP contribution < -0.4 is 20.5 Å². The molecule has 1 amide bonds. The minimum atomic E-state index is -0.690. The fraction of sp³-hybridized carbons (Fsp3) is 0.500. The molecule has 0 saturated heterocycles. The van der Waals surface area contributed by atoms with Gasteiger partial charge in [-0.05, 0) is 38.9 Å². The Labute approximate surface area is 114 Å². The normalized spacial score (nSPS) is 13.6. The number of carbonyl (C=O) groups excluding carboxylic acids is 1. The van der Waals surface area contributed by atoms with Gasteiger partial charge >= 0.3 is 0 Å². The van der Waals surface area contributed by atoms with Crippen LogP contribution in [0.3, 0.4) is 0 Å². The molecule has 1 aromatic rings. The van der Waals surface area contributed by atoms with Crippen molar-refractivity contribution in [2.75, 3.05) is 20.8 Å². The Balaban J connectivity index is 2.45. The lowest BCUT2D eigenvalue weighted by atomic mass is 9.95. The lowest BCUT2D eigenvalue weighted by Crippen LogP contribution is -2.51. The molecule has 0 radical (unpaired) electrons. The fourth-order valence-corrected chi connectivity index (χ4v) is 1.72. The fourth-order valence-electron chi connectivity index (χ4n) is 1.72. The highest BCUT2D eigenvalue weighted by molar-refractivity contribution is 5.84. The Hall–Kier alpha value is -1.75. The minimum absolute atomic E-state index is 0.354. The van der Waals surface area contributed by atoms with E-state index in [-0.39, 0.29) is 5.91 Å². The summed E-state index contributed by atoms with van der Waals surface area (Å²) in [5.74, 6) is 1.05. The standard InChI is InChI=1S/C14H22N2O3/c1-14(16-2,13(15)17)9-6-10-19-12-8-5-4-7-11(12)18-3/h4-5,7-8,16H,6,9-10H2,1-3H3,(H2,15,17). The van der Waals surface area contributed by atoms with Gasteiger partial charge in [0.15, 0.2) is 11.5 Å². The predicted molar refractivity (Wildman–Crippen MR) is 74.4 cm³/mol. The van der Waals surface area contributed by atoms with Gasteiger partial charge in [-0.2, -0.15) is 0 Å². The molecule has 106 valence electrons. The molecule has 1 atom stereocenters. The maximum absolute atomic E-state index is 11.3. The first-order valence-electron chi connectivity index (χ1n) is 6.28. The number of methoxy groups -OCH3 is 1. The summed E-state index contributed by atoms with van der Waals surface area (Å²) in [4.78, 5) is 11.3. The van der Waals surface area contributed by atoms with Crippen LogP contribution in [0.15, 0.2) is 24.3 Å². The summed E-state index contributed by atoms with van der Waals surface area (Å²) in [6.07, 6.45) is 1.34. The second-order valence-electron chi connectivity index (χ2n) is 4.55. The average molecular weight is 266 g/mol. The van der Waals surface area contributed by atoms with Gasteiger partial charge in [-0.25, -0.2) is 0 Å². The van der Waals surface area contributed by atoms with E-state index in [2.05, 4.69) is 5.32 Å². The number of benzene rings is 1. The number of rotatable bonds is 8. The lowest BCUT2D eigenvalue weighted by Gasteiger charge is -2.25. The van der Waals surface area contributed by atoms with Crippen molar-refractivity contribution in [3.05, 3.63) is 24.3 Å². The van der Waals surface area contributed by atoms with Crippen molar-refractivity contribution in [2.45, 2.75) is 25.3 Å². The summed E-state index contributed by atoms with van der Waals surface area (Å²) < 4.78 is 10.8. The maximum Gasteiger partial charge on any atom is 0.237 e. The summed E-state index contributed by atoms with van der Waals surface area (Å²) >= 11 is 0. The molecule has 19 heavy (non-hydrogen) atoms. The largest absolute Gasteiger partial charge is 0.493 e. The van der Waals surface area contributed by atoms with Gasteiger partial charge in [-0.3, -0.25) is 4.79 Å². The van der Waals surface area contributed by atoms with Crippen molar-refractivity contribution in [1.29, 1.82) is 0 Å². The van der Waals surface area contributed by atoms with Gasteiger partial charge in [0, 0.05) is 0 Å². The van der Waals surface area contributed by atoms with E-state index in [0.717, 1.165) is 6.42 Å². The topological polar surface area (TPSA) is 73.6 Å². The van der Waals surface area contributed by atoms with Crippen LogP contribution in [0.2, 0.25) is 0 Å². The molecule has 0 bridgehead atoms. The molecule has 0 aliphatic rings. The molecule has 1 unspecified atom stereocenters. The molecule has 0 fully saturated rings. The van der Waals surface area contributed by atoms with Crippen molar-refractivity contribution in [3.63, 3.8) is 0 Å². The van der Waals surface area contributed by atoms with E-state index < -0.39 is 5.54 Å². The second-order valence-corrected chi connectivity index (χ2v) is 4.55. The summed E-state index contributed by atoms with van der Waals surface area (Å²) in [5.41, 5.74) is 4.67. The molecule has 0 aromatic heterocycles. The Morgan fingerprint density at radius 3 is 2.53 bits per heavy atom.